The van der Waals surface area contributed by atoms with Gasteiger partial charge in [0.05, 0.1) is 30.9 Å². The van der Waals surface area contributed by atoms with Gasteiger partial charge in [-0.05, 0) is 22.0 Å². The summed E-state index contributed by atoms with van der Waals surface area (Å²) < 4.78 is 12.9. The summed E-state index contributed by atoms with van der Waals surface area (Å²) in [6, 6.07) is 3.24. The number of rotatable bonds is 5. The first-order valence-electron chi connectivity index (χ1n) is 5.71. The van der Waals surface area contributed by atoms with Gasteiger partial charge in [-0.1, -0.05) is 0 Å². The Bertz CT molecular complexity index is 639. The second-order valence-corrected chi connectivity index (χ2v) is 4.79. The number of ether oxygens (including phenoxy) is 2. The largest absolute Gasteiger partial charge is 0.493 e. The van der Waals surface area contributed by atoms with Gasteiger partial charge < -0.3 is 19.1 Å². The molecule has 0 radical (unpaired) electrons. The molecule has 0 aromatic carbocycles. The number of hydrogen-bond acceptors (Lipinski definition) is 4. The van der Waals surface area contributed by atoms with Crippen LogP contribution in [-0.4, -0.2) is 34.8 Å². The van der Waals surface area contributed by atoms with E-state index in [0.717, 1.165) is 0 Å². The smallest absolute Gasteiger partial charge is 0.337 e. The van der Waals surface area contributed by atoms with Crippen molar-refractivity contribution in [3.05, 3.63) is 40.4 Å². The van der Waals surface area contributed by atoms with Crippen molar-refractivity contribution >= 4 is 21.9 Å². The molecule has 106 valence electrons. The van der Waals surface area contributed by atoms with Crippen molar-refractivity contribution in [2.24, 2.45) is 0 Å². The van der Waals surface area contributed by atoms with Crippen molar-refractivity contribution in [3.63, 3.8) is 0 Å². The molecule has 0 saturated carbocycles. The predicted molar refractivity (Wildman–Crippen MR) is 75.5 cm³/mol. The Hall–Kier alpha value is -2.02. The average Bonchev–Trinajstić information content (AvgIpc) is 2.80. The molecular weight excluding hydrogens is 328 g/mol. The third-order valence-corrected chi connectivity index (χ3v) is 3.46. The molecule has 1 N–H and O–H groups in total. The van der Waals surface area contributed by atoms with Gasteiger partial charge in [0, 0.05) is 18.5 Å². The molecule has 7 heteroatoms. The van der Waals surface area contributed by atoms with Gasteiger partial charge >= 0.3 is 5.97 Å². The fourth-order valence-corrected chi connectivity index (χ4v) is 2.32. The van der Waals surface area contributed by atoms with Gasteiger partial charge in [0.15, 0.2) is 11.5 Å². The van der Waals surface area contributed by atoms with Gasteiger partial charge in [-0.15, -0.1) is 0 Å². The standard InChI is InChI=1S/C13H13BrN2O4/c1-19-10-3-4-15-9(12(10)20-2)7-16-6-8(13(17)18)5-11(16)14/h3-6H,7H2,1-2H3,(H,17,18). The number of aromatic carboxylic acids is 1. The van der Waals surface area contributed by atoms with Gasteiger partial charge in [-0.3, -0.25) is 4.98 Å². The summed E-state index contributed by atoms with van der Waals surface area (Å²) in [7, 11) is 3.09. The zero-order chi connectivity index (χ0) is 14.7. The van der Waals surface area contributed by atoms with Crippen LogP contribution < -0.4 is 9.47 Å². The molecule has 2 heterocycles. The number of nitrogens with zero attached hydrogens (tertiary/aromatic N) is 2. The SMILES string of the molecule is COc1ccnc(Cn2cc(C(=O)O)cc2Br)c1OC. The summed E-state index contributed by atoms with van der Waals surface area (Å²) in [5.74, 6) is 0.140. The third-order valence-electron chi connectivity index (χ3n) is 2.78. The second kappa shape index (κ2) is 5.96. The second-order valence-electron chi connectivity index (χ2n) is 3.98. The van der Waals surface area contributed by atoms with Crippen LogP contribution in [0.4, 0.5) is 0 Å². The van der Waals surface area contributed by atoms with E-state index in [4.69, 9.17) is 14.6 Å². The van der Waals surface area contributed by atoms with Crippen molar-refractivity contribution in [2.45, 2.75) is 6.54 Å². The van der Waals surface area contributed by atoms with Gasteiger partial charge in [0.25, 0.3) is 0 Å². The lowest BCUT2D eigenvalue weighted by atomic mass is 10.3. The fourth-order valence-electron chi connectivity index (χ4n) is 1.84. The zero-order valence-corrected chi connectivity index (χ0v) is 12.5. The predicted octanol–water partition coefficient (Wildman–Crippen LogP) is 2.41. The Morgan fingerprint density at radius 3 is 2.75 bits per heavy atom. The highest BCUT2D eigenvalue weighted by Crippen LogP contribution is 2.30. The van der Waals surface area contributed by atoms with Gasteiger partial charge in [-0.25, -0.2) is 4.79 Å². The molecule has 0 atom stereocenters. The molecule has 20 heavy (non-hydrogen) atoms. The topological polar surface area (TPSA) is 73.6 Å². The van der Waals surface area contributed by atoms with E-state index in [-0.39, 0.29) is 5.56 Å². The van der Waals surface area contributed by atoms with Crippen LogP contribution in [0.2, 0.25) is 0 Å². The number of methoxy groups -OCH3 is 2. The monoisotopic (exact) mass is 340 g/mol. The minimum Gasteiger partial charge on any atom is -0.493 e. The van der Waals surface area contributed by atoms with Crippen molar-refractivity contribution in [2.75, 3.05) is 14.2 Å². The molecule has 0 bridgehead atoms. The highest BCUT2D eigenvalue weighted by atomic mass is 79.9. The number of aromatic nitrogens is 2. The maximum atomic E-state index is 10.9. The van der Waals surface area contributed by atoms with Crippen LogP contribution in [0.5, 0.6) is 11.5 Å². The van der Waals surface area contributed by atoms with Crippen LogP contribution >= 0.6 is 15.9 Å². The molecule has 2 aromatic heterocycles. The van der Waals surface area contributed by atoms with Crippen molar-refractivity contribution in [1.29, 1.82) is 0 Å². The number of hydrogen-bond donors (Lipinski definition) is 1. The van der Waals surface area contributed by atoms with E-state index in [2.05, 4.69) is 20.9 Å². The van der Waals surface area contributed by atoms with E-state index in [1.54, 1.807) is 23.9 Å². The maximum absolute atomic E-state index is 10.9. The molecule has 0 aliphatic heterocycles. The molecule has 2 rings (SSSR count). The Kier molecular flexibility index (Phi) is 4.29. The molecule has 2 aromatic rings. The number of pyridine rings is 1. The highest BCUT2D eigenvalue weighted by Gasteiger charge is 2.14. The summed E-state index contributed by atoms with van der Waals surface area (Å²) in [5.41, 5.74) is 0.860. The number of carboxylic acids is 1. The van der Waals surface area contributed by atoms with Crippen LogP contribution in [0.1, 0.15) is 16.1 Å². The average molecular weight is 341 g/mol. The van der Waals surface area contributed by atoms with Crippen LogP contribution in [0.3, 0.4) is 0 Å². The van der Waals surface area contributed by atoms with Crippen LogP contribution in [0, 0.1) is 0 Å². The minimum atomic E-state index is -0.977. The van der Waals surface area contributed by atoms with Crippen LogP contribution in [0.15, 0.2) is 29.1 Å². The lowest BCUT2D eigenvalue weighted by molar-refractivity contribution is 0.0697. The highest BCUT2D eigenvalue weighted by molar-refractivity contribution is 9.10. The number of carbonyl (C=O) groups is 1. The maximum Gasteiger partial charge on any atom is 0.337 e. The van der Waals surface area contributed by atoms with E-state index in [9.17, 15) is 4.79 Å². The molecule has 0 saturated heterocycles. The fraction of sp³-hybridized carbons (Fsp3) is 0.231. The van der Waals surface area contributed by atoms with Crippen LogP contribution in [0.25, 0.3) is 0 Å². The van der Waals surface area contributed by atoms with Crippen molar-refractivity contribution in [1.82, 2.24) is 9.55 Å². The lowest BCUT2D eigenvalue weighted by Crippen LogP contribution is -2.05. The van der Waals surface area contributed by atoms with E-state index in [0.29, 0.717) is 28.3 Å². The molecule has 0 aliphatic carbocycles. The summed E-state index contributed by atoms with van der Waals surface area (Å²) in [5, 5.41) is 8.98. The molecule has 0 unspecified atom stereocenters. The molecule has 0 aliphatic rings. The normalized spacial score (nSPS) is 10.3. The first-order valence-corrected chi connectivity index (χ1v) is 6.51. The number of carboxylic acid groups (broad SMARTS) is 1. The summed E-state index contributed by atoms with van der Waals surface area (Å²) >= 11 is 3.32. The summed E-state index contributed by atoms with van der Waals surface area (Å²) in [4.78, 5) is 15.2. The van der Waals surface area contributed by atoms with Gasteiger partial charge in [0.1, 0.15) is 5.69 Å². The van der Waals surface area contributed by atoms with E-state index < -0.39 is 5.97 Å². The Balaban J connectivity index is 2.37. The quantitative estimate of drug-likeness (QED) is 0.904. The van der Waals surface area contributed by atoms with Crippen molar-refractivity contribution < 1.29 is 19.4 Å². The van der Waals surface area contributed by atoms with Gasteiger partial charge in [0.2, 0.25) is 0 Å². The molecule has 0 fully saturated rings. The summed E-state index contributed by atoms with van der Waals surface area (Å²) in [6.07, 6.45) is 3.15. The minimum absolute atomic E-state index is 0.207. The van der Waals surface area contributed by atoms with Crippen molar-refractivity contribution in [3.8, 4) is 11.5 Å². The summed E-state index contributed by atoms with van der Waals surface area (Å²) in [6.45, 7) is 0.369. The van der Waals surface area contributed by atoms with Gasteiger partial charge in [-0.2, -0.15) is 0 Å². The lowest BCUT2D eigenvalue weighted by Gasteiger charge is -2.12. The van der Waals surface area contributed by atoms with E-state index in [1.807, 2.05) is 0 Å². The molecular formula is C13H13BrN2O4. The first kappa shape index (κ1) is 14.4. The Morgan fingerprint density at radius 1 is 1.45 bits per heavy atom. The molecule has 0 spiro atoms. The van der Waals surface area contributed by atoms with E-state index in [1.165, 1.54) is 19.4 Å². The first-order chi connectivity index (χ1) is 9.56. The molecule has 6 nitrogen and oxygen atoms in total. The number of halogens is 1. The molecule has 0 amide bonds. The Morgan fingerprint density at radius 2 is 2.20 bits per heavy atom. The Labute approximate surface area is 124 Å². The van der Waals surface area contributed by atoms with E-state index >= 15 is 0 Å². The van der Waals surface area contributed by atoms with Crippen LogP contribution in [-0.2, 0) is 6.54 Å². The zero-order valence-electron chi connectivity index (χ0n) is 11.0. The third kappa shape index (κ3) is 2.77.